The van der Waals surface area contributed by atoms with Gasteiger partial charge in [-0.3, -0.25) is 0 Å². The van der Waals surface area contributed by atoms with Gasteiger partial charge < -0.3 is 9.88 Å². The highest BCUT2D eigenvalue weighted by Crippen LogP contribution is 2.33. The molecular formula is C21H23ClN2. The highest BCUT2D eigenvalue weighted by atomic mass is 35.5. The average molecular weight is 339 g/mol. The lowest BCUT2D eigenvalue weighted by molar-refractivity contribution is 0.215. The average Bonchev–Trinajstić information content (AvgIpc) is 3.05. The van der Waals surface area contributed by atoms with Crippen LogP contribution in [0.2, 0.25) is 5.02 Å². The highest BCUT2D eigenvalue weighted by Gasteiger charge is 2.22. The number of fused-ring (bicyclic) bond motifs is 1. The first-order valence-corrected chi connectivity index (χ1v) is 9.20. The van der Waals surface area contributed by atoms with Crippen LogP contribution in [0.15, 0.2) is 54.7 Å². The number of para-hydroxylation sites is 1. The third kappa shape index (κ3) is 3.35. The van der Waals surface area contributed by atoms with Crippen molar-refractivity contribution in [1.29, 1.82) is 0 Å². The van der Waals surface area contributed by atoms with Gasteiger partial charge in [-0.05, 0) is 67.6 Å². The molecule has 0 aliphatic carbocycles. The standard InChI is InChI=1S/C21H23ClN2/c22-18-5-3-4-16(14-18)8-11-24-12-9-17(10-13-24)20-15-23-21-7-2-1-6-19(20)21/h1-7,14-15,17,23H,8-13H2. The van der Waals surface area contributed by atoms with E-state index in [9.17, 15) is 0 Å². The summed E-state index contributed by atoms with van der Waals surface area (Å²) in [6.45, 7) is 3.50. The topological polar surface area (TPSA) is 19.0 Å². The summed E-state index contributed by atoms with van der Waals surface area (Å²) in [7, 11) is 0. The van der Waals surface area contributed by atoms with Gasteiger partial charge in [0.15, 0.2) is 0 Å². The molecule has 2 aromatic carbocycles. The van der Waals surface area contributed by atoms with Gasteiger partial charge in [0, 0.05) is 28.7 Å². The summed E-state index contributed by atoms with van der Waals surface area (Å²) in [5, 5.41) is 2.24. The predicted octanol–water partition coefficient (Wildman–Crippen LogP) is 5.24. The summed E-state index contributed by atoms with van der Waals surface area (Å²) in [6.07, 6.45) is 5.80. The number of nitrogens with zero attached hydrogens (tertiary/aromatic N) is 1. The molecule has 0 spiro atoms. The van der Waals surface area contributed by atoms with Gasteiger partial charge in [0.1, 0.15) is 0 Å². The van der Waals surface area contributed by atoms with E-state index < -0.39 is 0 Å². The van der Waals surface area contributed by atoms with Crippen molar-refractivity contribution in [3.05, 3.63) is 70.9 Å². The Kier molecular flexibility index (Phi) is 4.59. The molecule has 0 unspecified atom stereocenters. The van der Waals surface area contributed by atoms with Crippen LogP contribution in [0.3, 0.4) is 0 Å². The van der Waals surface area contributed by atoms with E-state index in [2.05, 4.69) is 52.5 Å². The van der Waals surface area contributed by atoms with Gasteiger partial charge in [0.25, 0.3) is 0 Å². The zero-order chi connectivity index (χ0) is 16.4. The number of halogens is 1. The van der Waals surface area contributed by atoms with E-state index in [4.69, 9.17) is 11.6 Å². The number of benzene rings is 2. The molecule has 2 heterocycles. The van der Waals surface area contributed by atoms with Crippen molar-refractivity contribution in [2.75, 3.05) is 19.6 Å². The largest absolute Gasteiger partial charge is 0.361 e. The molecule has 24 heavy (non-hydrogen) atoms. The Morgan fingerprint density at radius 1 is 1.04 bits per heavy atom. The van der Waals surface area contributed by atoms with Gasteiger partial charge in [0.05, 0.1) is 0 Å². The number of piperidine rings is 1. The molecule has 1 fully saturated rings. The quantitative estimate of drug-likeness (QED) is 0.689. The molecular weight excluding hydrogens is 316 g/mol. The van der Waals surface area contributed by atoms with E-state index in [1.165, 1.54) is 48.0 Å². The predicted molar refractivity (Wildman–Crippen MR) is 102 cm³/mol. The SMILES string of the molecule is Clc1cccc(CCN2CCC(c3c[nH]c4ccccc34)CC2)c1. The fourth-order valence-corrected chi connectivity index (χ4v) is 4.09. The number of rotatable bonds is 4. The second-order valence-electron chi connectivity index (χ2n) is 6.79. The lowest BCUT2D eigenvalue weighted by Gasteiger charge is -2.32. The maximum atomic E-state index is 6.07. The molecule has 1 saturated heterocycles. The van der Waals surface area contributed by atoms with Crippen LogP contribution >= 0.6 is 11.6 Å². The summed E-state index contributed by atoms with van der Waals surface area (Å²) < 4.78 is 0. The summed E-state index contributed by atoms with van der Waals surface area (Å²) in [4.78, 5) is 6.01. The number of aromatic amines is 1. The van der Waals surface area contributed by atoms with Gasteiger partial charge >= 0.3 is 0 Å². The highest BCUT2D eigenvalue weighted by molar-refractivity contribution is 6.30. The minimum Gasteiger partial charge on any atom is -0.361 e. The van der Waals surface area contributed by atoms with Crippen LogP contribution in [0.5, 0.6) is 0 Å². The van der Waals surface area contributed by atoms with Crippen molar-refractivity contribution in [3.8, 4) is 0 Å². The van der Waals surface area contributed by atoms with E-state index in [0.717, 1.165) is 18.0 Å². The first-order chi connectivity index (χ1) is 11.8. The van der Waals surface area contributed by atoms with Crippen LogP contribution in [-0.4, -0.2) is 29.5 Å². The van der Waals surface area contributed by atoms with Crippen LogP contribution in [-0.2, 0) is 6.42 Å². The van der Waals surface area contributed by atoms with Crippen molar-refractivity contribution >= 4 is 22.5 Å². The lowest BCUT2D eigenvalue weighted by Crippen LogP contribution is -2.34. The molecule has 0 atom stereocenters. The summed E-state index contributed by atoms with van der Waals surface area (Å²) in [5.74, 6) is 0.684. The molecule has 0 radical (unpaired) electrons. The summed E-state index contributed by atoms with van der Waals surface area (Å²) in [6, 6.07) is 16.9. The smallest absolute Gasteiger partial charge is 0.0456 e. The monoisotopic (exact) mass is 338 g/mol. The maximum absolute atomic E-state index is 6.07. The third-order valence-corrected chi connectivity index (χ3v) is 5.49. The van der Waals surface area contributed by atoms with E-state index >= 15 is 0 Å². The number of H-pyrrole nitrogens is 1. The van der Waals surface area contributed by atoms with Crippen LogP contribution in [0.4, 0.5) is 0 Å². The maximum Gasteiger partial charge on any atom is 0.0456 e. The molecule has 0 bridgehead atoms. The molecule has 3 aromatic rings. The van der Waals surface area contributed by atoms with Crippen LogP contribution in [0.1, 0.15) is 29.9 Å². The normalized spacial score (nSPS) is 16.7. The van der Waals surface area contributed by atoms with E-state index in [0.29, 0.717) is 5.92 Å². The summed E-state index contributed by atoms with van der Waals surface area (Å²) in [5.41, 5.74) is 4.09. The Morgan fingerprint density at radius 3 is 2.71 bits per heavy atom. The zero-order valence-electron chi connectivity index (χ0n) is 13.8. The Labute approximate surface area is 148 Å². The van der Waals surface area contributed by atoms with E-state index in [1.807, 2.05) is 12.1 Å². The van der Waals surface area contributed by atoms with E-state index in [-0.39, 0.29) is 0 Å². The first kappa shape index (κ1) is 15.7. The molecule has 4 rings (SSSR count). The van der Waals surface area contributed by atoms with Gasteiger partial charge in [-0.2, -0.15) is 0 Å². The Bertz CT molecular complexity index is 815. The number of nitrogens with one attached hydrogen (secondary N) is 1. The molecule has 0 amide bonds. The fourth-order valence-electron chi connectivity index (χ4n) is 3.88. The second kappa shape index (κ2) is 7.00. The fraction of sp³-hybridized carbons (Fsp3) is 0.333. The molecule has 1 aliphatic rings. The van der Waals surface area contributed by atoms with Crippen LogP contribution < -0.4 is 0 Å². The molecule has 1 aromatic heterocycles. The molecule has 1 N–H and O–H groups in total. The lowest BCUT2D eigenvalue weighted by atomic mass is 9.89. The van der Waals surface area contributed by atoms with Gasteiger partial charge in [-0.1, -0.05) is 41.9 Å². The number of likely N-dealkylation sites (tertiary alicyclic amines) is 1. The third-order valence-electron chi connectivity index (χ3n) is 5.25. The van der Waals surface area contributed by atoms with Crippen molar-refractivity contribution in [2.24, 2.45) is 0 Å². The van der Waals surface area contributed by atoms with E-state index in [1.54, 1.807) is 0 Å². The van der Waals surface area contributed by atoms with Crippen LogP contribution in [0, 0.1) is 0 Å². The molecule has 2 nitrogen and oxygen atoms in total. The Hall–Kier alpha value is -1.77. The van der Waals surface area contributed by atoms with Crippen molar-refractivity contribution in [1.82, 2.24) is 9.88 Å². The van der Waals surface area contributed by atoms with Crippen molar-refractivity contribution in [2.45, 2.75) is 25.2 Å². The number of hydrogen-bond acceptors (Lipinski definition) is 1. The van der Waals surface area contributed by atoms with Gasteiger partial charge in [-0.25, -0.2) is 0 Å². The number of hydrogen-bond donors (Lipinski definition) is 1. The van der Waals surface area contributed by atoms with Crippen molar-refractivity contribution < 1.29 is 0 Å². The number of aromatic nitrogens is 1. The van der Waals surface area contributed by atoms with Crippen molar-refractivity contribution in [3.63, 3.8) is 0 Å². The molecule has 1 aliphatic heterocycles. The van der Waals surface area contributed by atoms with Crippen LogP contribution in [0.25, 0.3) is 10.9 Å². The first-order valence-electron chi connectivity index (χ1n) is 8.82. The molecule has 3 heteroatoms. The Balaban J connectivity index is 1.35. The van der Waals surface area contributed by atoms with Gasteiger partial charge in [-0.15, -0.1) is 0 Å². The molecule has 124 valence electrons. The second-order valence-corrected chi connectivity index (χ2v) is 7.22. The minimum atomic E-state index is 0.684. The summed E-state index contributed by atoms with van der Waals surface area (Å²) >= 11 is 6.07. The zero-order valence-corrected chi connectivity index (χ0v) is 14.6. The Morgan fingerprint density at radius 2 is 1.88 bits per heavy atom. The molecule has 0 saturated carbocycles. The van der Waals surface area contributed by atoms with Gasteiger partial charge in [0.2, 0.25) is 0 Å². The minimum absolute atomic E-state index is 0.684.